The summed E-state index contributed by atoms with van der Waals surface area (Å²) in [5.41, 5.74) is 2.34. The Morgan fingerprint density at radius 3 is 2.00 bits per heavy atom. The fourth-order valence-corrected chi connectivity index (χ4v) is 3.81. The molecule has 2 rings (SSSR count). The van der Waals surface area contributed by atoms with Crippen LogP contribution in [0, 0.1) is 5.92 Å². The van der Waals surface area contributed by atoms with Gasteiger partial charge in [0.2, 0.25) is 0 Å². The van der Waals surface area contributed by atoms with Gasteiger partial charge in [0.25, 0.3) is 0 Å². The van der Waals surface area contributed by atoms with E-state index in [4.69, 9.17) is 8.19 Å². The molecule has 146 valence electrons. The fraction of sp³-hybridized carbons (Fsp3) is 0.400. The monoisotopic (exact) mass is 433 g/mol. The number of benzene rings is 2. The molecular weight excluding hydrogens is 405 g/mol. The standard InChI is InChI=1S/C20H28AsN3O3/c1-3-5-6-16(4-2)15-22-18-11-13-20(14-12-18)24-23-19-9-7-17(8-10-19)21(25,26)27/h7-14,16,22H,3-6,15H2,1-2H3,(H2,25,26,27). The molecule has 0 aliphatic carbocycles. The molecule has 0 spiro atoms. The number of nitrogens with one attached hydrogen (secondary N) is 1. The Morgan fingerprint density at radius 1 is 0.963 bits per heavy atom. The summed E-state index contributed by atoms with van der Waals surface area (Å²) in [5, 5.41) is 11.8. The SMILES string of the molecule is CCCCC(CC)CNc1ccc(N=Nc2ccc([As](=O)(O)O)cc2)cc1. The van der Waals surface area contributed by atoms with Crippen molar-refractivity contribution in [1.82, 2.24) is 0 Å². The molecule has 6 nitrogen and oxygen atoms in total. The van der Waals surface area contributed by atoms with Crippen LogP contribution in [0.4, 0.5) is 17.1 Å². The Kier molecular flexibility index (Phi) is 8.29. The quantitative estimate of drug-likeness (QED) is 0.385. The number of rotatable bonds is 10. The van der Waals surface area contributed by atoms with Crippen LogP contribution in [0.3, 0.4) is 0 Å². The predicted octanol–water partition coefficient (Wildman–Crippen LogP) is 4.29. The molecular formula is C20H28AsN3O3. The van der Waals surface area contributed by atoms with Crippen LogP contribution in [0.15, 0.2) is 58.8 Å². The van der Waals surface area contributed by atoms with Gasteiger partial charge in [-0.2, -0.15) is 0 Å². The van der Waals surface area contributed by atoms with E-state index in [0.717, 1.165) is 17.9 Å². The minimum atomic E-state index is -4.84. The van der Waals surface area contributed by atoms with E-state index in [1.807, 2.05) is 24.3 Å². The van der Waals surface area contributed by atoms with Crippen LogP contribution < -0.4 is 9.67 Å². The second kappa shape index (κ2) is 10.5. The van der Waals surface area contributed by atoms with Crippen LogP contribution in [0.5, 0.6) is 0 Å². The van der Waals surface area contributed by atoms with Gasteiger partial charge < -0.3 is 0 Å². The third kappa shape index (κ3) is 7.33. The Balaban J connectivity index is 1.91. The van der Waals surface area contributed by atoms with Gasteiger partial charge in [0.05, 0.1) is 0 Å². The maximum atomic E-state index is 11.2. The second-order valence-corrected chi connectivity index (χ2v) is 9.97. The zero-order valence-corrected chi connectivity index (χ0v) is 17.8. The molecule has 1 atom stereocenters. The summed E-state index contributed by atoms with van der Waals surface area (Å²) in [5.74, 6) is 0.696. The van der Waals surface area contributed by atoms with E-state index in [0.29, 0.717) is 11.6 Å². The molecule has 2 aromatic carbocycles. The summed E-state index contributed by atoms with van der Waals surface area (Å²) in [7, 11) is 0. The minimum absolute atomic E-state index is 0.0341. The maximum absolute atomic E-state index is 11.2. The summed E-state index contributed by atoms with van der Waals surface area (Å²) < 4.78 is 29.6. The normalized spacial score (nSPS) is 13.0. The molecule has 0 fully saturated rings. The van der Waals surface area contributed by atoms with E-state index in [9.17, 15) is 3.74 Å². The Bertz CT molecular complexity index is 770. The molecule has 0 amide bonds. The number of hydrogen-bond acceptors (Lipinski definition) is 4. The van der Waals surface area contributed by atoms with Crippen molar-refractivity contribution in [3.8, 4) is 0 Å². The molecule has 3 N–H and O–H groups in total. The fourth-order valence-electron chi connectivity index (χ4n) is 2.68. The third-order valence-electron chi connectivity index (χ3n) is 4.47. The van der Waals surface area contributed by atoms with Crippen LogP contribution in [-0.2, 0) is 3.74 Å². The van der Waals surface area contributed by atoms with Crippen molar-refractivity contribution in [3.63, 3.8) is 0 Å². The molecule has 0 saturated carbocycles. The second-order valence-electron chi connectivity index (χ2n) is 6.60. The van der Waals surface area contributed by atoms with Crippen LogP contribution in [-0.4, -0.2) is 28.9 Å². The first kappa shape index (κ1) is 21.4. The number of azo groups is 1. The van der Waals surface area contributed by atoms with Crippen molar-refractivity contribution < 1.29 is 11.9 Å². The van der Waals surface area contributed by atoms with E-state index >= 15 is 0 Å². The van der Waals surface area contributed by atoms with E-state index < -0.39 is 14.2 Å². The van der Waals surface area contributed by atoms with Crippen molar-refractivity contribution in [2.45, 2.75) is 39.5 Å². The molecule has 0 aromatic heterocycles. The van der Waals surface area contributed by atoms with Gasteiger partial charge in [0, 0.05) is 0 Å². The zero-order chi connectivity index (χ0) is 19.7. The molecule has 1 unspecified atom stereocenters. The van der Waals surface area contributed by atoms with Gasteiger partial charge in [-0.15, -0.1) is 0 Å². The van der Waals surface area contributed by atoms with Crippen molar-refractivity contribution in [2.24, 2.45) is 16.1 Å². The summed E-state index contributed by atoms with van der Waals surface area (Å²) in [6.07, 6.45) is 4.95. The summed E-state index contributed by atoms with van der Waals surface area (Å²) >= 11 is -4.84. The number of hydrogen-bond donors (Lipinski definition) is 3. The molecule has 7 heteroatoms. The molecule has 0 heterocycles. The average molecular weight is 433 g/mol. The van der Waals surface area contributed by atoms with Crippen LogP contribution in [0.2, 0.25) is 0 Å². The third-order valence-corrected chi connectivity index (χ3v) is 6.51. The van der Waals surface area contributed by atoms with E-state index in [1.165, 1.54) is 37.8 Å². The average Bonchev–Trinajstić information content (AvgIpc) is 2.67. The van der Waals surface area contributed by atoms with E-state index in [2.05, 4.69) is 29.4 Å². The van der Waals surface area contributed by atoms with Crippen molar-refractivity contribution in [1.29, 1.82) is 0 Å². The zero-order valence-electron chi connectivity index (χ0n) is 15.9. The Labute approximate surface area is 163 Å². The summed E-state index contributed by atoms with van der Waals surface area (Å²) in [6.45, 7) is 5.43. The van der Waals surface area contributed by atoms with Gasteiger partial charge in [-0.25, -0.2) is 0 Å². The molecule has 0 aliphatic rings. The van der Waals surface area contributed by atoms with Crippen molar-refractivity contribution >= 4 is 35.6 Å². The first-order valence-electron chi connectivity index (χ1n) is 9.34. The first-order chi connectivity index (χ1) is 12.9. The Hall–Kier alpha value is -1.88. The first-order valence-corrected chi connectivity index (χ1v) is 12.7. The molecule has 0 bridgehead atoms. The van der Waals surface area contributed by atoms with Gasteiger partial charge in [0.15, 0.2) is 0 Å². The van der Waals surface area contributed by atoms with E-state index in [-0.39, 0.29) is 4.35 Å². The van der Waals surface area contributed by atoms with Crippen LogP contribution in [0.25, 0.3) is 0 Å². The number of anilines is 1. The van der Waals surface area contributed by atoms with Crippen molar-refractivity contribution in [2.75, 3.05) is 11.9 Å². The van der Waals surface area contributed by atoms with Gasteiger partial charge in [-0.1, -0.05) is 33.1 Å². The van der Waals surface area contributed by atoms with Gasteiger partial charge in [-0.05, 0) is 12.3 Å². The predicted molar refractivity (Wildman–Crippen MR) is 109 cm³/mol. The number of nitrogens with zero attached hydrogens (tertiary/aromatic N) is 2. The topological polar surface area (TPSA) is 94.3 Å². The van der Waals surface area contributed by atoms with Gasteiger partial charge in [0.1, 0.15) is 0 Å². The Morgan fingerprint density at radius 2 is 1.52 bits per heavy atom. The van der Waals surface area contributed by atoms with Crippen molar-refractivity contribution in [3.05, 3.63) is 48.5 Å². The molecule has 27 heavy (non-hydrogen) atoms. The summed E-state index contributed by atoms with van der Waals surface area (Å²) in [4.78, 5) is 0. The van der Waals surface area contributed by atoms with E-state index in [1.54, 1.807) is 12.1 Å². The van der Waals surface area contributed by atoms with Gasteiger partial charge >= 0.3 is 118 Å². The molecule has 0 aliphatic heterocycles. The molecule has 0 radical (unpaired) electrons. The molecule has 0 saturated heterocycles. The van der Waals surface area contributed by atoms with Crippen LogP contribution >= 0.6 is 0 Å². The molecule has 2 aromatic rings. The summed E-state index contributed by atoms with van der Waals surface area (Å²) in [6, 6.07) is 13.7. The van der Waals surface area contributed by atoms with Gasteiger partial charge in [-0.3, -0.25) is 0 Å². The van der Waals surface area contributed by atoms with Crippen LogP contribution in [0.1, 0.15) is 39.5 Å². The number of unbranched alkanes of at least 4 members (excludes halogenated alkanes) is 1.